The Bertz CT molecular complexity index is 240. The number of hydrogen-bond donors (Lipinski definition) is 0. The van der Waals surface area contributed by atoms with Gasteiger partial charge in [-0.3, -0.25) is 4.90 Å². The van der Waals surface area contributed by atoms with Crippen molar-refractivity contribution in [3.8, 4) is 0 Å². The van der Waals surface area contributed by atoms with Crippen molar-refractivity contribution in [3.05, 3.63) is 0 Å². The highest BCUT2D eigenvalue weighted by Gasteiger charge is 2.05. The van der Waals surface area contributed by atoms with Gasteiger partial charge in [0.2, 0.25) is 0 Å². The standard InChI is InChI=1S/C12H24N2O4/c1-13(2)7-5-3-4-6-8-14(9-11(15)16)10-12(17)18/h3-10H2,1-2H3,(H,15,16)(H,17,18)/p-2. The summed E-state index contributed by atoms with van der Waals surface area (Å²) >= 11 is 0. The molecular formula is C12H22N2O4-2. The normalized spacial score (nSPS) is 11.1. The summed E-state index contributed by atoms with van der Waals surface area (Å²) in [6.07, 6.45) is 3.90. The Hall–Kier alpha value is -1.14. The smallest absolute Gasteiger partial charge is 0.0555 e. The van der Waals surface area contributed by atoms with Gasteiger partial charge in [-0.2, -0.15) is 0 Å². The lowest BCUT2D eigenvalue weighted by Crippen LogP contribution is -2.44. The quantitative estimate of drug-likeness (QED) is 0.395. The van der Waals surface area contributed by atoms with Crippen LogP contribution in [0.3, 0.4) is 0 Å². The van der Waals surface area contributed by atoms with Gasteiger partial charge in [0.25, 0.3) is 0 Å². The number of unbranched alkanes of at least 4 members (excludes halogenated alkanes) is 3. The van der Waals surface area contributed by atoms with Gasteiger partial charge in [0.1, 0.15) is 0 Å². The molecule has 0 saturated heterocycles. The Labute approximate surface area is 108 Å². The van der Waals surface area contributed by atoms with Crippen molar-refractivity contribution in [1.29, 1.82) is 0 Å². The van der Waals surface area contributed by atoms with Gasteiger partial charge in [0.15, 0.2) is 0 Å². The molecule has 0 aromatic carbocycles. The number of rotatable bonds is 11. The van der Waals surface area contributed by atoms with Crippen LogP contribution in [0, 0.1) is 0 Å². The van der Waals surface area contributed by atoms with Crippen LogP contribution >= 0.6 is 0 Å². The first-order chi connectivity index (χ1) is 8.41. The van der Waals surface area contributed by atoms with Crippen molar-refractivity contribution in [2.24, 2.45) is 0 Å². The summed E-state index contributed by atoms with van der Waals surface area (Å²) in [5.74, 6) is -2.52. The van der Waals surface area contributed by atoms with Crippen molar-refractivity contribution in [2.45, 2.75) is 25.7 Å². The van der Waals surface area contributed by atoms with E-state index in [0.717, 1.165) is 32.2 Å². The van der Waals surface area contributed by atoms with Crippen LogP contribution in [0.1, 0.15) is 25.7 Å². The summed E-state index contributed by atoms with van der Waals surface area (Å²) in [7, 11) is 4.03. The van der Waals surface area contributed by atoms with Gasteiger partial charge in [-0.1, -0.05) is 12.8 Å². The minimum atomic E-state index is -1.26. The summed E-state index contributed by atoms with van der Waals surface area (Å²) in [6, 6.07) is 0. The first-order valence-corrected chi connectivity index (χ1v) is 6.18. The van der Waals surface area contributed by atoms with Gasteiger partial charge in [-0.05, 0) is 40.0 Å². The van der Waals surface area contributed by atoms with E-state index >= 15 is 0 Å². The average Bonchev–Trinajstić information content (AvgIpc) is 2.20. The summed E-state index contributed by atoms with van der Waals surface area (Å²) in [5, 5.41) is 20.9. The van der Waals surface area contributed by atoms with Crippen molar-refractivity contribution >= 4 is 11.9 Å². The Morgan fingerprint density at radius 3 is 1.67 bits per heavy atom. The van der Waals surface area contributed by atoms with E-state index in [1.807, 2.05) is 14.1 Å². The van der Waals surface area contributed by atoms with E-state index in [9.17, 15) is 19.8 Å². The molecule has 0 unspecified atom stereocenters. The summed E-state index contributed by atoms with van der Waals surface area (Å²) in [5.41, 5.74) is 0. The highest BCUT2D eigenvalue weighted by molar-refractivity contribution is 5.70. The Kier molecular flexibility index (Phi) is 9.22. The van der Waals surface area contributed by atoms with Gasteiger partial charge in [-0.15, -0.1) is 0 Å². The van der Waals surface area contributed by atoms with E-state index in [0.29, 0.717) is 6.54 Å². The lowest BCUT2D eigenvalue weighted by atomic mass is 10.2. The molecule has 6 nitrogen and oxygen atoms in total. The molecule has 0 atom stereocenters. The third kappa shape index (κ3) is 11.3. The minimum Gasteiger partial charge on any atom is -0.549 e. The summed E-state index contributed by atoms with van der Waals surface area (Å²) in [4.78, 5) is 24.3. The number of hydrogen-bond acceptors (Lipinski definition) is 6. The second-order valence-corrected chi connectivity index (χ2v) is 4.67. The third-order valence-corrected chi connectivity index (χ3v) is 2.54. The molecule has 0 aromatic rings. The minimum absolute atomic E-state index is 0.355. The summed E-state index contributed by atoms with van der Waals surface area (Å²) < 4.78 is 0. The molecule has 0 aliphatic rings. The van der Waals surface area contributed by atoms with Gasteiger partial charge < -0.3 is 24.7 Å². The molecule has 0 spiro atoms. The van der Waals surface area contributed by atoms with Crippen LogP contribution in [0.15, 0.2) is 0 Å². The molecule has 0 amide bonds. The fourth-order valence-corrected chi connectivity index (χ4v) is 1.70. The predicted molar refractivity (Wildman–Crippen MR) is 63.5 cm³/mol. The molecule has 0 aliphatic heterocycles. The van der Waals surface area contributed by atoms with Crippen molar-refractivity contribution in [2.75, 3.05) is 40.3 Å². The predicted octanol–water partition coefficient (Wildman–Crippen LogP) is -2.09. The third-order valence-electron chi connectivity index (χ3n) is 2.54. The molecule has 18 heavy (non-hydrogen) atoms. The van der Waals surface area contributed by atoms with Crippen LogP contribution in [-0.4, -0.2) is 62.0 Å². The lowest BCUT2D eigenvalue weighted by Gasteiger charge is -2.23. The first-order valence-electron chi connectivity index (χ1n) is 6.18. The van der Waals surface area contributed by atoms with Crippen LogP contribution < -0.4 is 10.2 Å². The van der Waals surface area contributed by atoms with E-state index in [1.165, 1.54) is 4.90 Å². The topological polar surface area (TPSA) is 86.7 Å². The van der Waals surface area contributed by atoms with Crippen LogP contribution in [0.5, 0.6) is 0 Å². The number of aliphatic carboxylic acids is 2. The number of carboxylic acid groups (broad SMARTS) is 2. The van der Waals surface area contributed by atoms with Gasteiger partial charge in [0.05, 0.1) is 11.9 Å². The molecule has 0 aliphatic carbocycles. The van der Waals surface area contributed by atoms with E-state index < -0.39 is 11.9 Å². The van der Waals surface area contributed by atoms with Crippen LogP contribution in [0.4, 0.5) is 0 Å². The maximum absolute atomic E-state index is 10.4. The van der Waals surface area contributed by atoms with Gasteiger partial charge in [0, 0.05) is 13.1 Å². The van der Waals surface area contributed by atoms with E-state index in [1.54, 1.807) is 0 Å². The fourth-order valence-electron chi connectivity index (χ4n) is 1.70. The number of carbonyl (C=O) groups is 2. The summed E-state index contributed by atoms with van der Waals surface area (Å²) in [6.45, 7) is 0.767. The SMILES string of the molecule is CN(C)CCCCCCN(CC(=O)[O-])CC(=O)[O-]. The monoisotopic (exact) mass is 258 g/mol. The molecule has 0 N–H and O–H groups in total. The van der Waals surface area contributed by atoms with E-state index in [-0.39, 0.29) is 13.1 Å². The van der Waals surface area contributed by atoms with Crippen LogP contribution in [-0.2, 0) is 9.59 Å². The highest BCUT2D eigenvalue weighted by atomic mass is 16.4. The second-order valence-electron chi connectivity index (χ2n) is 4.67. The molecule has 0 saturated carbocycles. The van der Waals surface area contributed by atoms with Crippen LogP contribution in [0.2, 0.25) is 0 Å². The number of nitrogens with zero attached hydrogens (tertiary/aromatic N) is 2. The molecule has 0 radical (unpaired) electrons. The average molecular weight is 258 g/mol. The Morgan fingerprint density at radius 2 is 1.28 bits per heavy atom. The van der Waals surface area contributed by atoms with Gasteiger partial charge >= 0.3 is 0 Å². The largest absolute Gasteiger partial charge is 0.549 e. The Morgan fingerprint density at radius 1 is 0.833 bits per heavy atom. The fraction of sp³-hybridized carbons (Fsp3) is 0.833. The zero-order valence-corrected chi connectivity index (χ0v) is 11.2. The highest BCUT2D eigenvalue weighted by Crippen LogP contribution is 2.02. The molecule has 0 fully saturated rings. The molecule has 0 rings (SSSR count). The lowest BCUT2D eigenvalue weighted by molar-refractivity contribution is -0.310. The molecule has 0 bridgehead atoms. The number of carboxylic acids is 2. The second kappa shape index (κ2) is 9.85. The maximum atomic E-state index is 10.4. The Balaban J connectivity index is 3.69. The van der Waals surface area contributed by atoms with E-state index in [4.69, 9.17) is 0 Å². The molecule has 0 heterocycles. The zero-order chi connectivity index (χ0) is 14.0. The maximum Gasteiger partial charge on any atom is 0.0555 e. The zero-order valence-electron chi connectivity index (χ0n) is 11.2. The first kappa shape index (κ1) is 16.9. The van der Waals surface area contributed by atoms with Gasteiger partial charge in [-0.25, -0.2) is 0 Å². The van der Waals surface area contributed by atoms with Crippen molar-refractivity contribution < 1.29 is 19.8 Å². The molecule has 0 aromatic heterocycles. The van der Waals surface area contributed by atoms with Crippen molar-refractivity contribution in [3.63, 3.8) is 0 Å². The molecule has 6 heteroatoms. The number of carbonyl (C=O) groups excluding carboxylic acids is 2. The molecular weight excluding hydrogens is 236 g/mol. The van der Waals surface area contributed by atoms with E-state index in [2.05, 4.69) is 4.90 Å². The van der Waals surface area contributed by atoms with Crippen LogP contribution in [0.25, 0.3) is 0 Å². The van der Waals surface area contributed by atoms with Crippen molar-refractivity contribution in [1.82, 2.24) is 9.80 Å². The molecule has 106 valence electrons.